The van der Waals surface area contributed by atoms with Crippen LogP contribution in [-0.2, 0) is 0 Å². The molecule has 4 unspecified atom stereocenters. The molecule has 0 nitrogen and oxygen atoms in total. The smallest absolute Gasteiger partial charge is 0.0616 e. The second-order valence-electron chi connectivity index (χ2n) is 7.14. The molecular weight excluding hydrogens is 264 g/mol. The largest absolute Gasteiger partial charge is 0.118 e. The van der Waals surface area contributed by atoms with Crippen molar-refractivity contribution in [1.29, 1.82) is 0 Å². The zero-order valence-corrected chi connectivity index (χ0v) is 13.6. The van der Waals surface area contributed by atoms with Gasteiger partial charge < -0.3 is 0 Å². The fourth-order valence-corrected chi connectivity index (χ4v) is 5.04. The lowest BCUT2D eigenvalue weighted by Gasteiger charge is -2.41. The first-order valence-electron chi connectivity index (χ1n) is 8.36. The van der Waals surface area contributed by atoms with Crippen molar-refractivity contribution in [2.75, 3.05) is 0 Å². The maximum Gasteiger partial charge on any atom is 0.0616 e. The Balaban J connectivity index is 1.72. The first-order chi connectivity index (χ1) is 9.65. The highest BCUT2D eigenvalue weighted by molar-refractivity contribution is 6.21. The minimum absolute atomic E-state index is 0.221. The predicted octanol–water partition coefficient (Wildman–Crippen LogP) is 6.19. The van der Waals surface area contributed by atoms with Gasteiger partial charge in [-0.3, -0.25) is 0 Å². The normalized spacial score (nSPS) is 31.6. The number of benzene rings is 1. The third-order valence-electron chi connectivity index (χ3n) is 5.72. The van der Waals surface area contributed by atoms with E-state index in [1.165, 1.54) is 61.6 Å². The van der Waals surface area contributed by atoms with E-state index in [9.17, 15) is 0 Å². The van der Waals surface area contributed by atoms with Gasteiger partial charge >= 0.3 is 0 Å². The lowest BCUT2D eigenvalue weighted by atomic mass is 9.66. The van der Waals surface area contributed by atoms with E-state index in [1.807, 2.05) is 0 Å². The van der Waals surface area contributed by atoms with Crippen LogP contribution in [0.4, 0.5) is 0 Å². The molecular formula is C19H27Cl. The van der Waals surface area contributed by atoms with E-state index in [1.54, 1.807) is 0 Å². The van der Waals surface area contributed by atoms with Gasteiger partial charge in [0.2, 0.25) is 0 Å². The molecule has 20 heavy (non-hydrogen) atoms. The number of halogens is 1. The van der Waals surface area contributed by atoms with E-state index in [2.05, 4.69) is 32.0 Å². The summed E-state index contributed by atoms with van der Waals surface area (Å²) in [5.41, 5.74) is 4.08. The molecule has 110 valence electrons. The van der Waals surface area contributed by atoms with Crippen LogP contribution in [0.1, 0.15) is 67.0 Å². The van der Waals surface area contributed by atoms with Crippen LogP contribution in [0.3, 0.4) is 0 Å². The average Bonchev–Trinajstić information content (AvgIpc) is 2.46. The maximum atomic E-state index is 6.87. The van der Waals surface area contributed by atoms with Crippen LogP contribution in [0, 0.1) is 31.6 Å². The Kier molecular flexibility index (Phi) is 4.40. The van der Waals surface area contributed by atoms with Crippen LogP contribution in [0.15, 0.2) is 18.2 Å². The third kappa shape index (κ3) is 2.91. The summed E-state index contributed by atoms with van der Waals surface area (Å²) in [4.78, 5) is 0. The third-order valence-corrected chi connectivity index (χ3v) is 6.31. The molecule has 0 aliphatic heterocycles. The lowest BCUT2D eigenvalue weighted by molar-refractivity contribution is 0.127. The predicted molar refractivity (Wildman–Crippen MR) is 87.3 cm³/mol. The van der Waals surface area contributed by atoms with Gasteiger partial charge in [0, 0.05) is 0 Å². The quantitative estimate of drug-likeness (QED) is 0.570. The van der Waals surface area contributed by atoms with E-state index in [-0.39, 0.29) is 5.38 Å². The molecule has 0 saturated heterocycles. The number of rotatable bonds is 2. The highest BCUT2D eigenvalue weighted by Gasteiger charge is 2.35. The fraction of sp³-hybridized carbons (Fsp3) is 0.684. The van der Waals surface area contributed by atoms with Crippen LogP contribution in [0.2, 0.25) is 0 Å². The Morgan fingerprint density at radius 3 is 2.50 bits per heavy atom. The molecule has 0 N–H and O–H groups in total. The second-order valence-corrected chi connectivity index (χ2v) is 7.61. The molecule has 2 aliphatic rings. The fourth-order valence-electron chi connectivity index (χ4n) is 4.56. The first kappa shape index (κ1) is 14.4. The molecule has 4 atom stereocenters. The van der Waals surface area contributed by atoms with Crippen molar-refractivity contribution >= 4 is 11.6 Å². The molecule has 1 aromatic rings. The highest BCUT2D eigenvalue weighted by Crippen LogP contribution is 2.48. The first-order valence-corrected chi connectivity index (χ1v) is 8.80. The number of alkyl halides is 1. The van der Waals surface area contributed by atoms with E-state index >= 15 is 0 Å². The standard InChI is InChI=1S/C19H27Cl/c1-13-7-10-18(14(2)11-13)19(20)17-9-8-15-5-3-4-6-16(15)12-17/h7,10-11,15-17,19H,3-6,8-9,12H2,1-2H3. The maximum absolute atomic E-state index is 6.87. The molecule has 1 heteroatoms. The molecule has 0 amide bonds. The Morgan fingerprint density at radius 1 is 1.00 bits per heavy atom. The van der Waals surface area contributed by atoms with Crippen LogP contribution >= 0.6 is 11.6 Å². The van der Waals surface area contributed by atoms with Crippen molar-refractivity contribution in [3.63, 3.8) is 0 Å². The summed E-state index contributed by atoms with van der Waals surface area (Å²) in [6.45, 7) is 4.37. The van der Waals surface area contributed by atoms with Crippen molar-refractivity contribution in [2.45, 2.75) is 64.2 Å². The van der Waals surface area contributed by atoms with Gasteiger partial charge in [0.1, 0.15) is 0 Å². The summed E-state index contributed by atoms with van der Waals surface area (Å²) in [7, 11) is 0. The van der Waals surface area contributed by atoms with Gasteiger partial charge in [-0.15, -0.1) is 11.6 Å². The van der Waals surface area contributed by atoms with Gasteiger partial charge in [0.15, 0.2) is 0 Å². The van der Waals surface area contributed by atoms with Gasteiger partial charge in [-0.2, -0.15) is 0 Å². The van der Waals surface area contributed by atoms with Crippen molar-refractivity contribution < 1.29 is 0 Å². The summed E-state index contributed by atoms with van der Waals surface area (Å²) < 4.78 is 0. The molecule has 0 radical (unpaired) electrons. The monoisotopic (exact) mass is 290 g/mol. The van der Waals surface area contributed by atoms with Crippen LogP contribution in [0.5, 0.6) is 0 Å². The molecule has 3 rings (SSSR count). The average molecular weight is 291 g/mol. The number of hydrogen-bond acceptors (Lipinski definition) is 0. The minimum atomic E-state index is 0.221. The summed E-state index contributed by atoms with van der Waals surface area (Å²) >= 11 is 6.87. The summed E-state index contributed by atoms with van der Waals surface area (Å²) in [6.07, 6.45) is 9.97. The summed E-state index contributed by atoms with van der Waals surface area (Å²) in [6, 6.07) is 6.75. The molecule has 1 aromatic carbocycles. The Hall–Kier alpha value is -0.490. The summed E-state index contributed by atoms with van der Waals surface area (Å²) in [5.74, 6) is 2.68. The van der Waals surface area contributed by atoms with Crippen LogP contribution < -0.4 is 0 Å². The van der Waals surface area contributed by atoms with Crippen LogP contribution in [0.25, 0.3) is 0 Å². The summed E-state index contributed by atoms with van der Waals surface area (Å²) in [5, 5.41) is 0.221. The minimum Gasteiger partial charge on any atom is -0.118 e. The van der Waals surface area contributed by atoms with Crippen molar-refractivity contribution in [1.82, 2.24) is 0 Å². The number of aryl methyl sites for hydroxylation is 2. The SMILES string of the molecule is Cc1ccc(C(Cl)C2CCC3CCCCC3C2)c(C)c1. The lowest BCUT2D eigenvalue weighted by Crippen LogP contribution is -2.29. The Bertz CT molecular complexity index is 465. The molecule has 0 bridgehead atoms. The highest BCUT2D eigenvalue weighted by atomic mass is 35.5. The second kappa shape index (κ2) is 6.10. The molecule has 0 spiro atoms. The number of hydrogen-bond donors (Lipinski definition) is 0. The molecule has 2 aliphatic carbocycles. The van der Waals surface area contributed by atoms with E-state index in [0.29, 0.717) is 5.92 Å². The molecule has 0 heterocycles. The van der Waals surface area contributed by atoms with Gasteiger partial charge in [-0.25, -0.2) is 0 Å². The topological polar surface area (TPSA) is 0 Å². The van der Waals surface area contributed by atoms with Gasteiger partial charge in [0.25, 0.3) is 0 Å². The molecule has 2 saturated carbocycles. The van der Waals surface area contributed by atoms with Gasteiger partial charge in [-0.1, -0.05) is 49.4 Å². The van der Waals surface area contributed by atoms with Crippen molar-refractivity contribution in [2.24, 2.45) is 17.8 Å². The van der Waals surface area contributed by atoms with Crippen molar-refractivity contribution in [3.05, 3.63) is 34.9 Å². The Morgan fingerprint density at radius 2 is 1.75 bits per heavy atom. The number of fused-ring (bicyclic) bond motifs is 1. The van der Waals surface area contributed by atoms with Gasteiger partial charge in [-0.05, 0) is 62.0 Å². The zero-order chi connectivity index (χ0) is 14.1. The van der Waals surface area contributed by atoms with E-state index in [0.717, 1.165) is 11.8 Å². The molecule has 0 aromatic heterocycles. The zero-order valence-electron chi connectivity index (χ0n) is 12.9. The van der Waals surface area contributed by atoms with E-state index < -0.39 is 0 Å². The molecule has 2 fully saturated rings. The van der Waals surface area contributed by atoms with Crippen molar-refractivity contribution in [3.8, 4) is 0 Å². The Labute approximate surface area is 128 Å². The van der Waals surface area contributed by atoms with Gasteiger partial charge in [0.05, 0.1) is 5.38 Å². The van der Waals surface area contributed by atoms with E-state index in [4.69, 9.17) is 11.6 Å². The van der Waals surface area contributed by atoms with Crippen LogP contribution in [-0.4, -0.2) is 0 Å².